The number of thiazole rings is 1. The van der Waals surface area contributed by atoms with Gasteiger partial charge < -0.3 is 5.32 Å². The maximum atomic E-state index is 12.7. The Kier molecular flexibility index (Phi) is 5.84. The van der Waals surface area contributed by atoms with Gasteiger partial charge in [-0.15, -0.1) is 23.1 Å². The Morgan fingerprint density at radius 1 is 1.48 bits per heavy atom. The molecule has 0 bridgehead atoms. The number of nitrogens with zero attached hydrogens (tertiary/aromatic N) is 2. The fourth-order valence-corrected chi connectivity index (χ4v) is 7.03. The average Bonchev–Trinajstić information content (AvgIpc) is 3.25. The molecule has 6 nitrogen and oxygen atoms in total. The number of sulfonamides is 1. The molecule has 2 aromatic rings. The van der Waals surface area contributed by atoms with Gasteiger partial charge in [0.05, 0.1) is 15.8 Å². The van der Waals surface area contributed by atoms with Gasteiger partial charge in [-0.3, -0.25) is 4.79 Å². The van der Waals surface area contributed by atoms with Crippen LogP contribution in [-0.4, -0.2) is 43.0 Å². The van der Waals surface area contributed by atoms with E-state index in [0.717, 1.165) is 9.90 Å². The van der Waals surface area contributed by atoms with Gasteiger partial charge in [0.2, 0.25) is 5.91 Å². The summed E-state index contributed by atoms with van der Waals surface area (Å²) in [5.41, 5.74) is 0.901. The van der Waals surface area contributed by atoms with E-state index in [-0.39, 0.29) is 18.4 Å². The van der Waals surface area contributed by atoms with Crippen LogP contribution in [0.25, 0.3) is 0 Å². The number of aryl methyl sites for hydroxylation is 1. The molecule has 1 aliphatic rings. The SMILES string of the molecule is CSc1sc(NC(=O)C2CCCN(S(=O)(=O)c3cccs3)C2)nc1C. The number of aromatic nitrogens is 1. The first-order valence-corrected chi connectivity index (χ1v) is 12.1. The number of rotatable bonds is 5. The van der Waals surface area contributed by atoms with Gasteiger partial charge in [-0.05, 0) is 37.5 Å². The zero-order chi connectivity index (χ0) is 18.0. The lowest BCUT2D eigenvalue weighted by Crippen LogP contribution is -2.43. The first kappa shape index (κ1) is 18.8. The number of carbonyl (C=O) groups excluding carboxylic acids is 1. The summed E-state index contributed by atoms with van der Waals surface area (Å²) in [6.07, 6.45) is 3.33. The highest BCUT2D eigenvalue weighted by Gasteiger charge is 2.34. The minimum absolute atomic E-state index is 0.160. The van der Waals surface area contributed by atoms with Gasteiger partial charge >= 0.3 is 0 Å². The third-order valence-corrected chi connectivity index (χ3v) is 9.54. The molecule has 3 rings (SSSR count). The third kappa shape index (κ3) is 4.08. The molecule has 1 unspecified atom stereocenters. The second-order valence-electron chi connectivity index (χ2n) is 5.72. The number of thioether (sulfide) groups is 1. The standard InChI is InChI=1S/C15H19N3O3S4/c1-10-14(22-2)24-15(16-10)17-13(19)11-5-3-7-18(9-11)25(20,21)12-6-4-8-23-12/h4,6,8,11H,3,5,7,9H2,1-2H3,(H,16,17,19). The quantitative estimate of drug-likeness (QED) is 0.755. The first-order chi connectivity index (χ1) is 11.9. The summed E-state index contributed by atoms with van der Waals surface area (Å²) in [5.74, 6) is -0.516. The smallest absolute Gasteiger partial charge is 0.252 e. The number of piperidine rings is 1. The van der Waals surface area contributed by atoms with Crippen LogP contribution in [0.3, 0.4) is 0 Å². The van der Waals surface area contributed by atoms with Crippen molar-refractivity contribution >= 4 is 55.5 Å². The highest BCUT2D eigenvalue weighted by Crippen LogP contribution is 2.31. The van der Waals surface area contributed by atoms with E-state index in [1.54, 1.807) is 29.3 Å². The van der Waals surface area contributed by atoms with Crippen molar-refractivity contribution in [2.24, 2.45) is 5.92 Å². The Morgan fingerprint density at radius 2 is 2.28 bits per heavy atom. The van der Waals surface area contributed by atoms with Crippen LogP contribution in [-0.2, 0) is 14.8 Å². The molecule has 1 aliphatic heterocycles. The summed E-state index contributed by atoms with van der Waals surface area (Å²) in [6, 6.07) is 3.33. The molecule has 0 aromatic carbocycles. The molecule has 1 fully saturated rings. The second-order valence-corrected chi connectivity index (χ2v) is 10.9. The topological polar surface area (TPSA) is 79.4 Å². The summed E-state index contributed by atoms with van der Waals surface area (Å²) in [6.45, 7) is 2.58. The molecule has 10 heteroatoms. The molecule has 1 amide bonds. The summed E-state index contributed by atoms with van der Waals surface area (Å²) >= 11 is 4.25. The molecular weight excluding hydrogens is 398 g/mol. The summed E-state index contributed by atoms with van der Waals surface area (Å²) in [4.78, 5) is 16.9. The van der Waals surface area contributed by atoms with E-state index in [4.69, 9.17) is 0 Å². The minimum atomic E-state index is -3.51. The van der Waals surface area contributed by atoms with Crippen molar-refractivity contribution in [3.05, 3.63) is 23.2 Å². The molecule has 2 aromatic heterocycles. The number of anilines is 1. The molecule has 3 heterocycles. The maximum absolute atomic E-state index is 12.7. The van der Waals surface area contributed by atoms with Crippen LogP contribution >= 0.6 is 34.4 Å². The number of amides is 1. The van der Waals surface area contributed by atoms with E-state index in [1.165, 1.54) is 27.0 Å². The van der Waals surface area contributed by atoms with Gasteiger partial charge in [0, 0.05) is 13.1 Å². The highest BCUT2D eigenvalue weighted by molar-refractivity contribution is 8.00. The fourth-order valence-electron chi connectivity index (χ4n) is 2.74. The van der Waals surface area contributed by atoms with E-state index in [2.05, 4.69) is 10.3 Å². The predicted octanol–water partition coefficient (Wildman–Crippen LogP) is 3.27. The van der Waals surface area contributed by atoms with Gasteiger partial charge in [-0.1, -0.05) is 17.4 Å². The monoisotopic (exact) mass is 417 g/mol. The summed E-state index contributed by atoms with van der Waals surface area (Å²) < 4.78 is 28.1. The van der Waals surface area contributed by atoms with Gasteiger partial charge in [0.15, 0.2) is 5.13 Å². The van der Waals surface area contributed by atoms with E-state index in [9.17, 15) is 13.2 Å². The minimum Gasteiger partial charge on any atom is -0.302 e. The molecule has 1 N–H and O–H groups in total. The molecule has 25 heavy (non-hydrogen) atoms. The average molecular weight is 418 g/mol. The number of carbonyl (C=O) groups is 1. The van der Waals surface area contributed by atoms with Crippen LogP contribution in [0.15, 0.2) is 25.9 Å². The van der Waals surface area contributed by atoms with Gasteiger partial charge in [-0.2, -0.15) is 4.31 Å². The zero-order valence-corrected chi connectivity index (χ0v) is 17.2. The predicted molar refractivity (Wildman–Crippen MR) is 103 cm³/mol. The Labute approximate surface area is 159 Å². The lowest BCUT2D eigenvalue weighted by molar-refractivity contribution is -0.120. The number of thiophene rings is 1. The fraction of sp³-hybridized carbons (Fsp3) is 0.467. The van der Waals surface area contributed by atoms with Crippen molar-refractivity contribution < 1.29 is 13.2 Å². The second kappa shape index (κ2) is 7.75. The van der Waals surface area contributed by atoms with Crippen LogP contribution in [0, 0.1) is 12.8 Å². The number of hydrogen-bond donors (Lipinski definition) is 1. The van der Waals surface area contributed by atoms with E-state index < -0.39 is 10.0 Å². The van der Waals surface area contributed by atoms with Crippen molar-refractivity contribution in [1.29, 1.82) is 0 Å². The van der Waals surface area contributed by atoms with Gasteiger partial charge in [0.25, 0.3) is 10.0 Å². The maximum Gasteiger partial charge on any atom is 0.252 e. The Balaban J connectivity index is 1.69. The van der Waals surface area contributed by atoms with Crippen molar-refractivity contribution in [2.45, 2.75) is 28.2 Å². The molecule has 0 saturated carbocycles. The lowest BCUT2D eigenvalue weighted by atomic mass is 9.99. The molecule has 0 spiro atoms. The Bertz CT molecular complexity index is 846. The van der Waals surface area contributed by atoms with Crippen LogP contribution in [0.1, 0.15) is 18.5 Å². The van der Waals surface area contributed by atoms with Crippen molar-refractivity contribution in [3.63, 3.8) is 0 Å². The molecule has 1 saturated heterocycles. The van der Waals surface area contributed by atoms with Crippen molar-refractivity contribution in [2.75, 3.05) is 24.7 Å². The number of nitrogens with one attached hydrogen (secondary N) is 1. The van der Waals surface area contributed by atoms with Crippen molar-refractivity contribution in [1.82, 2.24) is 9.29 Å². The normalized spacial score (nSPS) is 19.0. The van der Waals surface area contributed by atoms with Gasteiger partial charge in [0.1, 0.15) is 4.21 Å². The first-order valence-electron chi connectivity index (χ1n) is 7.77. The molecule has 0 aliphatic carbocycles. The van der Waals surface area contributed by atoms with Crippen LogP contribution in [0.4, 0.5) is 5.13 Å². The summed E-state index contributed by atoms with van der Waals surface area (Å²) in [7, 11) is -3.51. The lowest BCUT2D eigenvalue weighted by Gasteiger charge is -2.30. The molecule has 0 radical (unpaired) electrons. The third-order valence-electron chi connectivity index (χ3n) is 4.01. The van der Waals surface area contributed by atoms with E-state index in [1.807, 2.05) is 13.2 Å². The van der Waals surface area contributed by atoms with Crippen molar-refractivity contribution in [3.8, 4) is 0 Å². The van der Waals surface area contributed by atoms with Crippen LogP contribution < -0.4 is 5.32 Å². The summed E-state index contributed by atoms with van der Waals surface area (Å²) in [5, 5.41) is 5.17. The largest absolute Gasteiger partial charge is 0.302 e. The number of hydrogen-bond acceptors (Lipinski definition) is 7. The van der Waals surface area contributed by atoms with E-state index >= 15 is 0 Å². The van der Waals surface area contributed by atoms with E-state index in [0.29, 0.717) is 28.7 Å². The van der Waals surface area contributed by atoms with Gasteiger partial charge in [-0.25, -0.2) is 13.4 Å². The zero-order valence-electron chi connectivity index (χ0n) is 13.9. The Hall–Kier alpha value is -0.940. The van der Waals surface area contributed by atoms with Crippen LogP contribution in [0.2, 0.25) is 0 Å². The molecular formula is C15H19N3O3S4. The molecule has 1 atom stereocenters. The molecule has 136 valence electrons. The Morgan fingerprint density at radius 3 is 2.92 bits per heavy atom. The highest BCUT2D eigenvalue weighted by atomic mass is 32.2. The van der Waals surface area contributed by atoms with Crippen LogP contribution in [0.5, 0.6) is 0 Å².